The fraction of sp³-hybridized carbons (Fsp3) is 0.0769. The minimum atomic E-state index is -0.134. The molecule has 7 aromatic rings. The van der Waals surface area contributed by atoms with Crippen molar-refractivity contribution in [3.05, 3.63) is 145 Å². The van der Waals surface area contributed by atoms with Crippen molar-refractivity contribution in [3.8, 4) is 44.9 Å². The van der Waals surface area contributed by atoms with Crippen LogP contribution < -0.4 is 4.74 Å². The Labute approximate surface area is 239 Å². The molecule has 0 atom stereocenters. The Morgan fingerprint density at radius 1 is 0.439 bits per heavy atom. The van der Waals surface area contributed by atoms with Crippen LogP contribution >= 0.6 is 0 Å². The van der Waals surface area contributed by atoms with Crippen molar-refractivity contribution in [3.63, 3.8) is 0 Å². The van der Waals surface area contributed by atoms with Crippen molar-refractivity contribution in [2.24, 2.45) is 0 Å². The van der Waals surface area contributed by atoms with Crippen LogP contribution in [0.25, 0.3) is 55.3 Å². The third kappa shape index (κ3) is 3.72. The number of benzene rings is 6. The Morgan fingerprint density at radius 3 is 1.78 bits per heavy atom. The van der Waals surface area contributed by atoms with Crippen LogP contribution in [0.3, 0.4) is 0 Å². The van der Waals surface area contributed by atoms with E-state index in [2.05, 4.69) is 129 Å². The van der Waals surface area contributed by atoms with Gasteiger partial charge in [0, 0.05) is 27.3 Å². The number of fused-ring (bicyclic) bond motifs is 5. The third-order valence-electron chi connectivity index (χ3n) is 8.58. The van der Waals surface area contributed by atoms with Gasteiger partial charge in [0.15, 0.2) is 0 Å². The van der Waals surface area contributed by atoms with E-state index in [4.69, 9.17) is 9.15 Å². The quantitative estimate of drug-likeness (QED) is 0.228. The molecular weight excluding hydrogens is 500 g/mol. The molecule has 41 heavy (non-hydrogen) atoms. The largest absolute Gasteiger partial charge is 0.457 e. The molecule has 0 saturated carbocycles. The predicted octanol–water partition coefficient (Wildman–Crippen LogP) is 11.0. The molecule has 0 fully saturated rings. The molecule has 0 unspecified atom stereocenters. The van der Waals surface area contributed by atoms with Gasteiger partial charge in [0.2, 0.25) is 0 Å². The van der Waals surface area contributed by atoms with E-state index < -0.39 is 0 Å². The zero-order valence-electron chi connectivity index (χ0n) is 23.0. The molecule has 2 nitrogen and oxygen atoms in total. The average Bonchev–Trinajstić information content (AvgIpc) is 3.39. The van der Waals surface area contributed by atoms with Crippen LogP contribution in [0, 0.1) is 0 Å². The Bertz CT molecular complexity index is 2110. The van der Waals surface area contributed by atoms with Crippen LogP contribution in [-0.2, 0) is 5.41 Å². The lowest BCUT2D eigenvalue weighted by Crippen LogP contribution is -2.24. The van der Waals surface area contributed by atoms with E-state index in [1.807, 2.05) is 18.2 Å². The van der Waals surface area contributed by atoms with Gasteiger partial charge in [-0.25, -0.2) is 0 Å². The van der Waals surface area contributed by atoms with Gasteiger partial charge >= 0.3 is 0 Å². The summed E-state index contributed by atoms with van der Waals surface area (Å²) in [5, 5.41) is 2.27. The highest BCUT2D eigenvalue weighted by Crippen LogP contribution is 2.49. The molecule has 0 aliphatic carbocycles. The maximum atomic E-state index is 6.47. The molecule has 0 amide bonds. The molecule has 196 valence electrons. The van der Waals surface area contributed by atoms with Gasteiger partial charge in [-0.15, -0.1) is 0 Å². The molecule has 6 aromatic carbocycles. The van der Waals surface area contributed by atoms with Gasteiger partial charge in [0.25, 0.3) is 0 Å². The first-order valence-corrected chi connectivity index (χ1v) is 14.1. The summed E-state index contributed by atoms with van der Waals surface area (Å²) < 4.78 is 12.6. The summed E-state index contributed by atoms with van der Waals surface area (Å²) in [7, 11) is 0. The summed E-state index contributed by atoms with van der Waals surface area (Å²) in [5.41, 5.74) is 11.2. The molecule has 2 heterocycles. The molecule has 0 saturated heterocycles. The first kappa shape index (κ1) is 23.8. The van der Waals surface area contributed by atoms with Crippen LogP contribution in [-0.4, -0.2) is 0 Å². The van der Waals surface area contributed by atoms with Crippen molar-refractivity contribution < 1.29 is 9.15 Å². The zero-order chi connectivity index (χ0) is 27.6. The van der Waals surface area contributed by atoms with Crippen LogP contribution in [0.5, 0.6) is 11.5 Å². The second-order valence-corrected chi connectivity index (χ2v) is 11.3. The van der Waals surface area contributed by atoms with E-state index in [9.17, 15) is 0 Å². The van der Waals surface area contributed by atoms with E-state index in [0.717, 1.165) is 39.0 Å². The number of para-hydroxylation sites is 2. The number of furan rings is 1. The molecule has 0 N–H and O–H groups in total. The summed E-state index contributed by atoms with van der Waals surface area (Å²) in [6, 6.07) is 47.1. The van der Waals surface area contributed by atoms with Crippen LogP contribution in [0.2, 0.25) is 0 Å². The molecule has 1 aromatic heterocycles. The van der Waals surface area contributed by atoms with Crippen molar-refractivity contribution >= 4 is 21.9 Å². The monoisotopic (exact) mass is 528 g/mol. The van der Waals surface area contributed by atoms with Crippen LogP contribution in [0.1, 0.15) is 25.0 Å². The Kier molecular flexibility index (Phi) is 5.20. The number of hydrogen-bond acceptors (Lipinski definition) is 2. The second kappa shape index (κ2) is 8.97. The SMILES string of the molecule is CC1(C)c2ccccc2Oc2cc(-c3ccccc3-c3ccccc3-c3ccc4oc5ccccc5c4c3)ccc21. The maximum absolute atomic E-state index is 6.47. The zero-order valence-corrected chi connectivity index (χ0v) is 23.0. The van der Waals surface area contributed by atoms with Gasteiger partial charge in [-0.2, -0.15) is 0 Å². The van der Waals surface area contributed by atoms with Crippen molar-refractivity contribution in [2.75, 3.05) is 0 Å². The molecule has 1 aliphatic heterocycles. The van der Waals surface area contributed by atoms with Gasteiger partial charge < -0.3 is 9.15 Å². The lowest BCUT2D eigenvalue weighted by atomic mass is 9.75. The maximum Gasteiger partial charge on any atom is 0.135 e. The average molecular weight is 529 g/mol. The summed E-state index contributed by atoms with van der Waals surface area (Å²) in [4.78, 5) is 0. The summed E-state index contributed by atoms with van der Waals surface area (Å²) in [6.07, 6.45) is 0. The molecule has 1 aliphatic rings. The fourth-order valence-corrected chi connectivity index (χ4v) is 6.46. The van der Waals surface area contributed by atoms with E-state index >= 15 is 0 Å². The molecular formula is C39H28O2. The summed E-state index contributed by atoms with van der Waals surface area (Å²) in [6.45, 7) is 4.55. The van der Waals surface area contributed by atoms with Crippen molar-refractivity contribution in [1.29, 1.82) is 0 Å². The highest BCUT2D eigenvalue weighted by molar-refractivity contribution is 6.07. The molecule has 0 spiro atoms. The minimum Gasteiger partial charge on any atom is -0.457 e. The molecule has 0 radical (unpaired) electrons. The standard InChI is InChI=1S/C39H28O2/c1-39(2)33-16-8-10-18-37(33)41-38-24-26(19-21-34(38)39)28-12-4-6-14-30(28)29-13-5-3-11-27(29)25-20-22-36-32(23-25)31-15-7-9-17-35(31)40-36/h3-24H,1-2H3. The fourth-order valence-electron chi connectivity index (χ4n) is 6.46. The van der Waals surface area contributed by atoms with Crippen molar-refractivity contribution in [1.82, 2.24) is 0 Å². The van der Waals surface area contributed by atoms with Gasteiger partial charge in [0.05, 0.1) is 0 Å². The van der Waals surface area contributed by atoms with Crippen LogP contribution in [0.4, 0.5) is 0 Å². The van der Waals surface area contributed by atoms with E-state index in [1.54, 1.807) is 0 Å². The first-order valence-electron chi connectivity index (χ1n) is 14.1. The van der Waals surface area contributed by atoms with Gasteiger partial charge in [0.1, 0.15) is 22.7 Å². The van der Waals surface area contributed by atoms with Gasteiger partial charge in [-0.3, -0.25) is 0 Å². The Morgan fingerprint density at radius 2 is 1.00 bits per heavy atom. The summed E-state index contributed by atoms with van der Waals surface area (Å²) >= 11 is 0. The van der Waals surface area contributed by atoms with Crippen LogP contribution in [0.15, 0.2) is 138 Å². The minimum absolute atomic E-state index is 0.134. The summed E-state index contributed by atoms with van der Waals surface area (Å²) in [5.74, 6) is 1.86. The van der Waals surface area contributed by atoms with Gasteiger partial charge in [-0.05, 0) is 63.7 Å². The third-order valence-corrected chi connectivity index (χ3v) is 8.58. The lowest BCUT2D eigenvalue weighted by Gasteiger charge is -2.34. The number of rotatable bonds is 3. The molecule has 8 rings (SSSR count). The Balaban J connectivity index is 1.27. The van der Waals surface area contributed by atoms with Gasteiger partial charge in [-0.1, -0.05) is 117 Å². The highest BCUT2D eigenvalue weighted by Gasteiger charge is 2.34. The number of hydrogen-bond donors (Lipinski definition) is 0. The van der Waals surface area contributed by atoms with E-state index in [0.29, 0.717) is 0 Å². The topological polar surface area (TPSA) is 22.4 Å². The normalized spacial score (nSPS) is 13.5. The molecule has 0 bridgehead atoms. The second-order valence-electron chi connectivity index (χ2n) is 11.3. The highest BCUT2D eigenvalue weighted by atomic mass is 16.5. The predicted molar refractivity (Wildman–Crippen MR) is 169 cm³/mol. The first-order chi connectivity index (χ1) is 20.1. The lowest BCUT2D eigenvalue weighted by molar-refractivity contribution is 0.418. The van der Waals surface area contributed by atoms with Crippen molar-refractivity contribution in [2.45, 2.75) is 19.3 Å². The van der Waals surface area contributed by atoms with E-state index in [-0.39, 0.29) is 5.41 Å². The number of ether oxygens (including phenoxy) is 1. The molecule has 2 heteroatoms. The Hall–Kier alpha value is -5.08. The van der Waals surface area contributed by atoms with E-state index in [1.165, 1.54) is 38.9 Å². The smallest absolute Gasteiger partial charge is 0.135 e.